The van der Waals surface area contributed by atoms with E-state index in [2.05, 4.69) is 30.0 Å². The number of amides is 2. The van der Waals surface area contributed by atoms with Crippen molar-refractivity contribution in [3.63, 3.8) is 0 Å². The summed E-state index contributed by atoms with van der Waals surface area (Å²) in [4.78, 5) is 31.3. The maximum absolute atomic E-state index is 14.7. The molecule has 182 valence electrons. The van der Waals surface area contributed by atoms with Gasteiger partial charge in [-0.2, -0.15) is 0 Å². The SMILES string of the molecule is CN(C)C(=O)[C@]12C[C@H]1[C@@](C)(c1cccc(F)c1F)N=C(OC(=O)NCOCC[Si](C)(C)C)S2. The largest absolute Gasteiger partial charge is 0.416 e. The average molecular weight is 500 g/mol. The molecular weight excluding hydrogens is 468 g/mol. The molecule has 0 aromatic heterocycles. The fourth-order valence-electron chi connectivity index (χ4n) is 3.98. The number of thioether (sulfide) groups is 1. The molecule has 3 atom stereocenters. The van der Waals surface area contributed by atoms with Crippen LogP contribution in [0.5, 0.6) is 0 Å². The van der Waals surface area contributed by atoms with Crippen molar-refractivity contribution in [2.45, 2.75) is 49.3 Å². The first-order valence-corrected chi connectivity index (χ1v) is 15.3. The van der Waals surface area contributed by atoms with E-state index in [9.17, 15) is 18.4 Å². The Bertz CT molecular complexity index is 971. The Hall–Kier alpha value is -1.98. The first kappa shape index (κ1) is 25.6. The maximum atomic E-state index is 14.7. The monoisotopic (exact) mass is 499 g/mol. The second-order valence-corrected chi connectivity index (χ2v) is 16.9. The molecule has 0 bridgehead atoms. The van der Waals surface area contributed by atoms with Crippen LogP contribution in [-0.4, -0.2) is 62.4 Å². The van der Waals surface area contributed by atoms with Crippen molar-refractivity contribution in [1.29, 1.82) is 0 Å². The van der Waals surface area contributed by atoms with E-state index in [4.69, 9.17) is 9.47 Å². The number of carbonyl (C=O) groups excluding carboxylic acids is 2. The van der Waals surface area contributed by atoms with Gasteiger partial charge in [0.25, 0.3) is 5.23 Å². The average Bonchev–Trinajstić information content (AvgIpc) is 3.45. The lowest BCUT2D eigenvalue weighted by atomic mass is 9.85. The summed E-state index contributed by atoms with van der Waals surface area (Å²) in [5.41, 5.74) is -1.25. The summed E-state index contributed by atoms with van der Waals surface area (Å²) >= 11 is 1.05. The molecule has 0 spiro atoms. The van der Waals surface area contributed by atoms with Gasteiger partial charge in [-0.05, 0) is 37.2 Å². The summed E-state index contributed by atoms with van der Waals surface area (Å²) in [6, 6.07) is 4.84. The van der Waals surface area contributed by atoms with Gasteiger partial charge in [-0.3, -0.25) is 10.1 Å². The maximum Gasteiger partial charge on any atom is 0.416 e. The van der Waals surface area contributed by atoms with Crippen molar-refractivity contribution in [1.82, 2.24) is 10.2 Å². The molecular formula is C22H31F2N3O4SSi. The number of rotatable bonds is 7. The number of alkyl carbamates (subject to hydrolysis) is 1. The summed E-state index contributed by atoms with van der Waals surface area (Å²) in [7, 11) is 2.01. The highest BCUT2D eigenvalue weighted by Gasteiger charge is 2.71. The molecule has 1 fully saturated rings. The van der Waals surface area contributed by atoms with Crippen LogP contribution in [0.15, 0.2) is 23.2 Å². The molecule has 7 nitrogen and oxygen atoms in total. The third-order valence-electron chi connectivity index (χ3n) is 5.94. The zero-order valence-corrected chi connectivity index (χ0v) is 21.6. The molecule has 3 rings (SSSR count). The van der Waals surface area contributed by atoms with E-state index in [-0.39, 0.29) is 29.3 Å². The Balaban J connectivity index is 1.78. The first-order valence-electron chi connectivity index (χ1n) is 10.8. The molecule has 33 heavy (non-hydrogen) atoms. The molecule has 1 aliphatic carbocycles. The lowest BCUT2D eigenvalue weighted by Gasteiger charge is -2.34. The summed E-state index contributed by atoms with van der Waals surface area (Å²) in [6.07, 6.45) is -0.387. The summed E-state index contributed by atoms with van der Waals surface area (Å²) < 4.78 is 38.6. The topological polar surface area (TPSA) is 80.2 Å². The number of carbonyl (C=O) groups is 2. The Morgan fingerprint density at radius 1 is 1.30 bits per heavy atom. The molecule has 11 heteroatoms. The third-order valence-corrected chi connectivity index (χ3v) is 8.99. The molecule has 2 aliphatic rings. The summed E-state index contributed by atoms with van der Waals surface area (Å²) in [5, 5.41) is 2.44. The van der Waals surface area contributed by atoms with E-state index >= 15 is 0 Å². The van der Waals surface area contributed by atoms with Crippen LogP contribution < -0.4 is 5.32 Å². The Morgan fingerprint density at radius 2 is 2.00 bits per heavy atom. The Morgan fingerprint density at radius 3 is 2.64 bits per heavy atom. The van der Waals surface area contributed by atoms with Gasteiger partial charge >= 0.3 is 6.09 Å². The second-order valence-electron chi connectivity index (χ2n) is 10.0. The molecule has 2 amide bonds. The van der Waals surface area contributed by atoms with Gasteiger partial charge in [-0.1, -0.05) is 31.8 Å². The number of halogens is 2. The van der Waals surface area contributed by atoms with Gasteiger partial charge in [-0.25, -0.2) is 18.6 Å². The number of nitrogens with zero attached hydrogens (tertiary/aromatic N) is 2. The van der Waals surface area contributed by atoms with E-state index in [0.717, 1.165) is 23.9 Å². The molecule has 1 aliphatic heterocycles. The standard InChI is InChI=1S/C22H31F2N3O4SSi/c1-21(14-8-7-9-15(23)17(14)24)16-12-22(16,18(28)27(2)3)32-20(26-21)31-19(29)25-13-30-10-11-33(4,5)6/h7-9,16H,10-13H2,1-6H3,(H,25,29)/t16-,21+,22-/m0/s1. The number of aliphatic imine (C=N–C) groups is 1. The van der Waals surface area contributed by atoms with Crippen LogP contribution in [0.1, 0.15) is 18.9 Å². The predicted octanol–water partition coefficient (Wildman–Crippen LogP) is 4.17. The van der Waals surface area contributed by atoms with Gasteiger partial charge in [0, 0.05) is 40.3 Å². The molecule has 0 saturated heterocycles. The predicted molar refractivity (Wildman–Crippen MR) is 127 cm³/mol. The smallest absolute Gasteiger partial charge is 0.385 e. The third kappa shape index (κ3) is 5.41. The minimum absolute atomic E-state index is 0.0254. The van der Waals surface area contributed by atoms with E-state index in [1.165, 1.54) is 17.0 Å². The highest BCUT2D eigenvalue weighted by Crippen LogP contribution is 2.67. The van der Waals surface area contributed by atoms with Crippen molar-refractivity contribution in [2.75, 3.05) is 27.4 Å². The molecule has 1 saturated carbocycles. The zero-order chi connectivity index (χ0) is 24.6. The van der Waals surface area contributed by atoms with Gasteiger partial charge < -0.3 is 14.4 Å². The summed E-state index contributed by atoms with van der Waals surface area (Å²) in [6.45, 7) is 8.83. The minimum Gasteiger partial charge on any atom is -0.385 e. The van der Waals surface area contributed by atoms with Gasteiger partial charge in [-0.15, -0.1) is 0 Å². The number of nitrogens with one attached hydrogen (secondary N) is 1. The van der Waals surface area contributed by atoms with E-state index in [1.807, 2.05) is 0 Å². The molecule has 0 unspecified atom stereocenters. The second kappa shape index (κ2) is 9.34. The highest BCUT2D eigenvalue weighted by atomic mass is 32.2. The van der Waals surface area contributed by atoms with Gasteiger partial charge in [0.1, 0.15) is 11.5 Å². The number of hydrogen-bond donors (Lipinski definition) is 1. The van der Waals surface area contributed by atoms with Crippen LogP contribution in [0.2, 0.25) is 25.7 Å². The number of ether oxygens (including phenoxy) is 2. The van der Waals surface area contributed by atoms with Crippen LogP contribution in [0, 0.1) is 17.6 Å². The fourth-order valence-corrected chi connectivity index (χ4v) is 6.29. The molecule has 1 aromatic rings. The quantitative estimate of drug-likeness (QED) is 0.346. The molecule has 1 aromatic carbocycles. The van der Waals surface area contributed by atoms with E-state index < -0.39 is 36.1 Å². The Kier molecular flexibility index (Phi) is 7.26. The molecule has 1 heterocycles. The van der Waals surface area contributed by atoms with Crippen molar-refractivity contribution >= 4 is 37.1 Å². The van der Waals surface area contributed by atoms with Crippen molar-refractivity contribution in [3.05, 3.63) is 35.4 Å². The lowest BCUT2D eigenvalue weighted by molar-refractivity contribution is -0.129. The van der Waals surface area contributed by atoms with Gasteiger partial charge in [0.05, 0.1) is 5.54 Å². The number of fused-ring (bicyclic) bond motifs is 1. The number of hydrogen-bond acceptors (Lipinski definition) is 6. The minimum atomic E-state index is -1.27. The Labute approximate surface area is 198 Å². The first-order chi connectivity index (χ1) is 15.3. The summed E-state index contributed by atoms with van der Waals surface area (Å²) in [5.74, 6) is -2.58. The van der Waals surface area contributed by atoms with Crippen molar-refractivity contribution in [2.24, 2.45) is 10.9 Å². The lowest BCUT2D eigenvalue weighted by Crippen LogP contribution is -2.43. The zero-order valence-electron chi connectivity index (χ0n) is 19.8. The van der Waals surface area contributed by atoms with Crippen LogP contribution in [0.4, 0.5) is 13.6 Å². The number of benzene rings is 1. The van der Waals surface area contributed by atoms with Crippen LogP contribution in [-0.2, 0) is 19.8 Å². The van der Waals surface area contributed by atoms with Crippen LogP contribution >= 0.6 is 11.8 Å². The van der Waals surface area contributed by atoms with Crippen molar-refractivity contribution < 1.29 is 27.8 Å². The molecule has 0 radical (unpaired) electrons. The fraction of sp³-hybridized carbons (Fsp3) is 0.591. The normalized spacial score (nSPS) is 26.2. The molecule has 1 N–H and O–H groups in total. The van der Waals surface area contributed by atoms with Crippen LogP contribution in [0.25, 0.3) is 0 Å². The van der Waals surface area contributed by atoms with Gasteiger partial charge in [0.15, 0.2) is 11.6 Å². The van der Waals surface area contributed by atoms with Crippen LogP contribution in [0.3, 0.4) is 0 Å². The van der Waals surface area contributed by atoms with E-state index in [0.29, 0.717) is 13.0 Å². The van der Waals surface area contributed by atoms with Crippen molar-refractivity contribution in [3.8, 4) is 0 Å². The van der Waals surface area contributed by atoms with E-state index in [1.54, 1.807) is 21.0 Å². The highest BCUT2D eigenvalue weighted by molar-refractivity contribution is 8.15. The van der Waals surface area contributed by atoms with Gasteiger partial charge in [0.2, 0.25) is 5.91 Å².